The van der Waals surface area contributed by atoms with Gasteiger partial charge >= 0.3 is 0 Å². The Balaban J connectivity index is 1.52. The van der Waals surface area contributed by atoms with E-state index < -0.39 is 0 Å². The highest BCUT2D eigenvalue weighted by Crippen LogP contribution is 2.25. The zero-order chi connectivity index (χ0) is 17.2. The fourth-order valence-electron chi connectivity index (χ4n) is 2.66. The van der Waals surface area contributed by atoms with Gasteiger partial charge in [0.15, 0.2) is 5.96 Å². The number of aliphatic imine (C=N–C) groups is 1. The van der Waals surface area contributed by atoms with Gasteiger partial charge in [0, 0.05) is 37.5 Å². The highest BCUT2D eigenvalue weighted by Gasteiger charge is 2.24. The Labute approximate surface area is 149 Å². The van der Waals surface area contributed by atoms with Gasteiger partial charge in [-0.15, -0.1) is 11.3 Å². The minimum atomic E-state index is 0.228. The summed E-state index contributed by atoms with van der Waals surface area (Å²) in [6, 6.07) is 4.29. The summed E-state index contributed by atoms with van der Waals surface area (Å²) in [6.45, 7) is 4.68. The van der Waals surface area contributed by atoms with Gasteiger partial charge in [-0.05, 0) is 43.0 Å². The highest BCUT2D eigenvalue weighted by atomic mass is 32.1. The molecule has 0 saturated heterocycles. The summed E-state index contributed by atoms with van der Waals surface area (Å²) >= 11 is 1.81. The van der Waals surface area contributed by atoms with Gasteiger partial charge in [0.1, 0.15) is 0 Å². The van der Waals surface area contributed by atoms with Crippen LogP contribution in [0.25, 0.3) is 0 Å². The molecule has 24 heavy (non-hydrogen) atoms. The summed E-state index contributed by atoms with van der Waals surface area (Å²) in [4.78, 5) is 17.4. The maximum absolute atomic E-state index is 11.7. The standard InChI is InChI=1S/C18H30N4OS/c1-14(12-16-8-4-11-24-16)13-22-18(19-2)21-10-5-9-20-17(23)15-6-3-7-15/h4,8,11,14-15H,3,5-7,9-10,12-13H2,1-2H3,(H,20,23)(H2,19,21,22). The fraction of sp³-hybridized carbons (Fsp3) is 0.667. The summed E-state index contributed by atoms with van der Waals surface area (Å²) in [5, 5.41) is 11.8. The molecule has 0 aromatic carbocycles. The van der Waals surface area contributed by atoms with Gasteiger partial charge in [-0.1, -0.05) is 19.4 Å². The van der Waals surface area contributed by atoms with E-state index in [1.165, 1.54) is 11.3 Å². The quantitative estimate of drug-likeness (QED) is 0.364. The lowest BCUT2D eigenvalue weighted by Crippen LogP contribution is -2.41. The van der Waals surface area contributed by atoms with Crippen LogP contribution in [0.2, 0.25) is 0 Å². The van der Waals surface area contributed by atoms with Gasteiger partial charge in [-0.2, -0.15) is 0 Å². The summed E-state index contributed by atoms with van der Waals surface area (Å²) in [6.07, 6.45) is 5.32. The van der Waals surface area contributed by atoms with Gasteiger partial charge in [-0.25, -0.2) is 0 Å². The summed E-state index contributed by atoms with van der Waals surface area (Å²) in [5.74, 6) is 1.89. The third kappa shape index (κ3) is 6.51. The summed E-state index contributed by atoms with van der Waals surface area (Å²) in [5.41, 5.74) is 0. The number of guanidine groups is 1. The number of rotatable bonds is 9. The Kier molecular flexibility index (Phi) is 8.08. The van der Waals surface area contributed by atoms with Crippen LogP contribution in [-0.2, 0) is 11.2 Å². The molecule has 134 valence electrons. The zero-order valence-corrected chi connectivity index (χ0v) is 15.6. The van der Waals surface area contributed by atoms with Crippen molar-refractivity contribution >= 4 is 23.2 Å². The van der Waals surface area contributed by atoms with Crippen LogP contribution in [0.5, 0.6) is 0 Å². The average molecular weight is 351 g/mol. The van der Waals surface area contributed by atoms with E-state index in [-0.39, 0.29) is 11.8 Å². The maximum Gasteiger partial charge on any atom is 0.223 e. The lowest BCUT2D eigenvalue weighted by Gasteiger charge is -2.24. The van der Waals surface area contributed by atoms with Gasteiger partial charge in [0.05, 0.1) is 0 Å². The molecule has 1 aromatic rings. The molecule has 5 nitrogen and oxygen atoms in total. The number of carbonyl (C=O) groups is 1. The lowest BCUT2D eigenvalue weighted by atomic mass is 9.85. The number of hydrogen-bond donors (Lipinski definition) is 3. The first-order valence-corrected chi connectivity index (χ1v) is 9.81. The van der Waals surface area contributed by atoms with Crippen molar-refractivity contribution < 1.29 is 4.79 Å². The van der Waals surface area contributed by atoms with E-state index in [9.17, 15) is 4.79 Å². The molecular formula is C18H30N4OS. The predicted octanol–water partition coefficient (Wildman–Crippen LogP) is 2.40. The van der Waals surface area contributed by atoms with Gasteiger partial charge in [0.2, 0.25) is 5.91 Å². The maximum atomic E-state index is 11.7. The molecule has 3 N–H and O–H groups in total. The van der Waals surface area contributed by atoms with Crippen molar-refractivity contribution in [2.24, 2.45) is 16.8 Å². The molecule has 6 heteroatoms. The largest absolute Gasteiger partial charge is 0.356 e. The molecule has 0 aliphatic heterocycles. The minimum Gasteiger partial charge on any atom is -0.356 e. The Bertz CT molecular complexity index is 511. The molecule has 0 radical (unpaired) electrons. The van der Waals surface area contributed by atoms with Crippen molar-refractivity contribution in [2.45, 2.75) is 39.0 Å². The first-order chi connectivity index (χ1) is 11.7. The summed E-state index contributed by atoms with van der Waals surface area (Å²) < 4.78 is 0. The van der Waals surface area contributed by atoms with Gasteiger partial charge < -0.3 is 16.0 Å². The first-order valence-electron chi connectivity index (χ1n) is 8.93. The highest BCUT2D eigenvalue weighted by molar-refractivity contribution is 7.09. The molecular weight excluding hydrogens is 320 g/mol. The summed E-state index contributed by atoms with van der Waals surface area (Å²) in [7, 11) is 1.79. The fourth-order valence-corrected chi connectivity index (χ4v) is 3.53. The Morgan fingerprint density at radius 2 is 2.12 bits per heavy atom. The predicted molar refractivity (Wildman–Crippen MR) is 102 cm³/mol. The number of nitrogens with one attached hydrogen (secondary N) is 3. The minimum absolute atomic E-state index is 0.228. The third-order valence-corrected chi connectivity index (χ3v) is 5.29. The van der Waals surface area contributed by atoms with Gasteiger partial charge in [0.25, 0.3) is 0 Å². The van der Waals surface area contributed by atoms with Crippen molar-refractivity contribution in [1.82, 2.24) is 16.0 Å². The average Bonchev–Trinajstić information content (AvgIpc) is 3.01. The van der Waals surface area contributed by atoms with Crippen LogP contribution in [0.15, 0.2) is 22.5 Å². The molecule has 2 rings (SSSR count). The monoisotopic (exact) mass is 350 g/mol. The van der Waals surface area contributed by atoms with Crippen molar-refractivity contribution in [3.05, 3.63) is 22.4 Å². The van der Waals surface area contributed by atoms with Gasteiger partial charge in [-0.3, -0.25) is 9.79 Å². The number of carbonyl (C=O) groups excluding carboxylic acids is 1. The van der Waals surface area contributed by atoms with E-state index in [2.05, 4.69) is 45.4 Å². The van der Waals surface area contributed by atoms with Crippen LogP contribution in [-0.4, -0.2) is 38.5 Å². The van der Waals surface area contributed by atoms with Crippen LogP contribution >= 0.6 is 11.3 Å². The van der Waals surface area contributed by atoms with Crippen molar-refractivity contribution in [1.29, 1.82) is 0 Å². The third-order valence-electron chi connectivity index (χ3n) is 4.39. The number of nitrogens with zero attached hydrogens (tertiary/aromatic N) is 1. The molecule has 1 heterocycles. The smallest absolute Gasteiger partial charge is 0.223 e. The van der Waals surface area contributed by atoms with E-state index in [0.717, 1.165) is 51.3 Å². The van der Waals surface area contributed by atoms with Crippen LogP contribution in [0.4, 0.5) is 0 Å². The normalized spacial score (nSPS) is 16.3. The molecule has 1 aliphatic rings. The van der Waals surface area contributed by atoms with Crippen LogP contribution in [0, 0.1) is 11.8 Å². The topological polar surface area (TPSA) is 65.5 Å². The zero-order valence-electron chi connectivity index (χ0n) is 14.8. The SMILES string of the molecule is CN=C(NCCCNC(=O)C1CCC1)NCC(C)Cc1cccs1. The first kappa shape index (κ1) is 18.8. The van der Waals surface area contributed by atoms with E-state index in [1.807, 2.05) is 11.3 Å². The molecule has 1 saturated carbocycles. The Hall–Kier alpha value is -1.56. The number of hydrogen-bond acceptors (Lipinski definition) is 3. The Morgan fingerprint density at radius 3 is 2.75 bits per heavy atom. The van der Waals surface area contributed by atoms with E-state index in [4.69, 9.17) is 0 Å². The van der Waals surface area contributed by atoms with Crippen molar-refractivity contribution in [2.75, 3.05) is 26.7 Å². The second-order valence-corrected chi connectivity index (χ2v) is 7.57. The molecule has 1 unspecified atom stereocenters. The second-order valence-electron chi connectivity index (χ2n) is 6.54. The second kappa shape index (κ2) is 10.3. The van der Waals surface area contributed by atoms with Crippen LogP contribution in [0.1, 0.15) is 37.5 Å². The number of thiophene rings is 1. The van der Waals surface area contributed by atoms with Crippen molar-refractivity contribution in [3.8, 4) is 0 Å². The van der Waals surface area contributed by atoms with E-state index in [1.54, 1.807) is 7.05 Å². The number of amides is 1. The molecule has 1 aliphatic carbocycles. The molecule has 0 bridgehead atoms. The lowest BCUT2D eigenvalue weighted by molar-refractivity contribution is -0.127. The molecule has 1 atom stereocenters. The van der Waals surface area contributed by atoms with Crippen LogP contribution in [0.3, 0.4) is 0 Å². The molecule has 0 spiro atoms. The van der Waals surface area contributed by atoms with Crippen LogP contribution < -0.4 is 16.0 Å². The van der Waals surface area contributed by atoms with Crippen molar-refractivity contribution in [3.63, 3.8) is 0 Å². The Morgan fingerprint density at radius 1 is 1.33 bits per heavy atom. The molecule has 1 aromatic heterocycles. The van der Waals surface area contributed by atoms with E-state index in [0.29, 0.717) is 5.92 Å². The van der Waals surface area contributed by atoms with E-state index >= 15 is 0 Å². The molecule has 1 amide bonds. The molecule has 1 fully saturated rings.